The van der Waals surface area contributed by atoms with Gasteiger partial charge in [-0.25, -0.2) is 4.79 Å². The van der Waals surface area contributed by atoms with Gasteiger partial charge in [0, 0.05) is 22.9 Å². The smallest absolute Gasteiger partial charge is 0.336 e. The van der Waals surface area contributed by atoms with Crippen molar-refractivity contribution in [3.63, 3.8) is 0 Å². The van der Waals surface area contributed by atoms with Gasteiger partial charge in [0.25, 0.3) is 0 Å². The van der Waals surface area contributed by atoms with Crippen molar-refractivity contribution in [2.45, 2.75) is 59.5 Å². The highest BCUT2D eigenvalue weighted by Gasteiger charge is 2.35. The zero-order valence-electron chi connectivity index (χ0n) is 17.2. The van der Waals surface area contributed by atoms with E-state index in [1.807, 2.05) is 12.1 Å². The minimum Gasteiger partial charge on any atom is -0.489 e. The molecule has 1 aromatic heterocycles. The highest BCUT2D eigenvalue weighted by molar-refractivity contribution is 5.77. The Morgan fingerprint density at radius 2 is 2.07 bits per heavy atom. The van der Waals surface area contributed by atoms with Crippen molar-refractivity contribution in [3.05, 3.63) is 63.5 Å². The Labute approximate surface area is 166 Å². The SMILES string of the molecule is CC1=C(CC/C(C)=C/COc2ccc3ccc(=O)oc3c2)C(C)(C)[C@@H](O)CC1. The summed E-state index contributed by atoms with van der Waals surface area (Å²) in [4.78, 5) is 11.4. The maximum atomic E-state index is 11.4. The molecule has 1 atom stereocenters. The van der Waals surface area contributed by atoms with E-state index in [4.69, 9.17) is 9.15 Å². The van der Waals surface area contributed by atoms with E-state index in [1.165, 1.54) is 22.8 Å². The average Bonchev–Trinajstić information content (AvgIpc) is 2.64. The largest absolute Gasteiger partial charge is 0.489 e. The molecule has 0 fully saturated rings. The first-order chi connectivity index (χ1) is 13.3. The molecule has 0 unspecified atom stereocenters. The summed E-state index contributed by atoms with van der Waals surface area (Å²) < 4.78 is 11.0. The fraction of sp³-hybridized carbons (Fsp3) is 0.458. The molecule has 4 heteroatoms. The third-order valence-corrected chi connectivity index (χ3v) is 5.96. The number of allylic oxidation sites excluding steroid dienone is 2. The molecule has 1 aromatic carbocycles. The zero-order valence-corrected chi connectivity index (χ0v) is 17.2. The van der Waals surface area contributed by atoms with E-state index in [1.54, 1.807) is 12.1 Å². The van der Waals surface area contributed by atoms with E-state index in [2.05, 4.69) is 33.8 Å². The van der Waals surface area contributed by atoms with Crippen LogP contribution >= 0.6 is 0 Å². The van der Waals surface area contributed by atoms with Crippen LogP contribution in [0.25, 0.3) is 11.0 Å². The van der Waals surface area contributed by atoms with Gasteiger partial charge in [-0.1, -0.05) is 30.6 Å². The van der Waals surface area contributed by atoms with Crippen LogP contribution in [0, 0.1) is 5.41 Å². The summed E-state index contributed by atoms with van der Waals surface area (Å²) in [6.07, 6.45) is 5.61. The normalized spacial score (nSPS) is 19.9. The Hall–Kier alpha value is -2.33. The molecule has 0 aliphatic heterocycles. The monoisotopic (exact) mass is 382 g/mol. The lowest BCUT2D eigenvalue weighted by atomic mass is 9.69. The van der Waals surface area contributed by atoms with Crippen molar-refractivity contribution < 1.29 is 14.3 Å². The molecule has 150 valence electrons. The van der Waals surface area contributed by atoms with Crippen LogP contribution in [0.15, 0.2) is 62.3 Å². The number of ether oxygens (including phenoxy) is 1. The van der Waals surface area contributed by atoms with Crippen LogP contribution in [0.3, 0.4) is 0 Å². The van der Waals surface area contributed by atoms with Crippen molar-refractivity contribution >= 4 is 11.0 Å². The number of hydrogen-bond donors (Lipinski definition) is 1. The molecule has 0 saturated carbocycles. The first-order valence-corrected chi connectivity index (χ1v) is 9.97. The summed E-state index contributed by atoms with van der Waals surface area (Å²) in [5, 5.41) is 11.2. The zero-order chi connectivity index (χ0) is 20.3. The maximum absolute atomic E-state index is 11.4. The molecular weight excluding hydrogens is 352 g/mol. The molecule has 0 amide bonds. The molecule has 1 heterocycles. The minimum absolute atomic E-state index is 0.145. The molecular formula is C24H30O4. The standard InChI is InChI=1S/C24H30O4/c1-16(5-10-20-17(2)6-11-22(25)24(20,3)4)13-14-27-19-9-7-18-8-12-23(26)28-21(18)15-19/h7-9,12-13,15,22,25H,5-6,10-11,14H2,1-4H3/b16-13+/t22-/m0/s1. The van der Waals surface area contributed by atoms with Crippen LogP contribution in [0.4, 0.5) is 0 Å². The number of fused-ring (bicyclic) bond motifs is 1. The number of benzene rings is 1. The summed E-state index contributed by atoms with van der Waals surface area (Å²) in [5.41, 5.74) is 4.12. The predicted octanol–water partition coefficient (Wildman–Crippen LogP) is 5.40. The van der Waals surface area contributed by atoms with Gasteiger partial charge < -0.3 is 14.3 Å². The number of hydrogen-bond acceptors (Lipinski definition) is 4. The molecule has 1 N–H and O–H groups in total. The van der Waals surface area contributed by atoms with Crippen LogP contribution < -0.4 is 10.4 Å². The molecule has 0 saturated heterocycles. The summed E-state index contributed by atoms with van der Waals surface area (Å²) in [6.45, 7) is 9.08. The first kappa shape index (κ1) is 20.4. The number of aliphatic hydroxyl groups is 1. The quantitative estimate of drug-likeness (QED) is 0.537. The first-order valence-electron chi connectivity index (χ1n) is 9.97. The summed E-state index contributed by atoms with van der Waals surface area (Å²) in [6, 6.07) is 8.68. The molecule has 0 radical (unpaired) electrons. The van der Waals surface area contributed by atoms with Gasteiger partial charge in [0.1, 0.15) is 17.9 Å². The molecule has 1 aliphatic carbocycles. The average molecular weight is 383 g/mol. The van der Waals surface area contributed by atoms with Crippen molar-refractivity contribution in [2.24, 2.45) is 5.41 Å². The Bertz CT molecular complexity index is 962. The van der Waals surface area contributed by atoms with E-state index >= 15 is 0 Å². The van der Waals surface area contributed by atoms with Crippen molar-refractivity contribution in [1.82, 2.24) is 0 Å². The lowest BCUT2D eigenvalue weighted by molar-refractivity contribution is 0.0558. The van der Waals surface area contributed by atoms with Gasteiger partial charge in [-0.15, -0.1) is 0 Å². The van der Waals surface area contributed by atoms with E-state index in [0.29, 0.717) is 17.9 Å². The topological polar surface area (TPSA) is 59.7 Å². The van der Waals surface area contributed by atoms with E-state index in [9.17, 15) is 9.90 Å². The third kappa shape index (κ3) is 4.56. The van der Waals surface area contributed by atoms with Crippen LogP contribution in [0.5, 0.6) is 5.75 Å². The van der Waals surface area contributed by atoms with E-state index < -0.39 is 0 Å². The van der Waals surface area contributed by atoms with Crippen molar-refractivity contribution in [1.29, 1.82) is 0 Å². The van der Waals surface area contributed by atoms with Crippen molar-refractivity contribution in [2.75, 3.05) is 6.61 Å². The van der Waals surface area contributed by atoms with Crippen LogP contribution in [-0.2, 0) is 0 Å². The van der Waals surface area contributed by atoms with Gasteiger partial charge >= 0.3 is 5.63 Å². The van der Waals surface area contributed by atoms with Gasteiger partial charge in [0.15, 0.2) is 0 Å². The second-order valence-electron chi connectivity index (χ2n) is 8.35. The molecule has 4 nitrogen and oxygen atoms in total. The predicted molar refractivity (Wildman–Crippen MR) is 113 cm³/mol. The summed E-state index contributed by atoms with van der Waals surface area (Å²) in [5.74, 6) is 0.681. The Kier molecular flexibility index (Phi) is 6.09. The molecule has 1 aliphatic rings. The number of rotatable bonds is 6. The highest BCUT2D eigenvalue weighted by atomic mass is 16.5. The van der Waals surface area contributed by atoms with Crippen LogP contribution in [0.2, 0.25) is 0 Å². The van der Waals surface area contributed by atoms with Gasteiger partial charge in [-0.05, 0) is 63.8 Å². The fourth-order valence-corrected chi connectivity index (χ4v) is 3.99. The van der Waals surface area contributed by atoms with Crippen LogP contribution in [-0.4, -0.2) is 17.8 Å². The lowest BCUT2D eigenvalue weighted by Gasteiger charge is -2.39. The molecule has 3 rings (SSSR count). The van der Waals surface area contributed by atoms with Crippen LogP contribution in [0.1, 0.15) is 53.4 Å². The van der Waals surface area contributed by atoms with E-state index in [0.717, 1.165) is 31.1 Å². The van der Waals surface area contributed by atoms with Gasteiger partial charge in [0.2, 0.25) is 0 Å². The Balaban J connectivity index is 1.58. The fourth-order valence-electron chi connectivity index (χ4n) is 3.99. The second kappa shape index (κ2) is 8.36. The highest BCUT2D eigenvalue weighted by Crippen LogP contribution is 2.42. The summed E-state index contributed by atoms with van der Waals surface area (Å²) in [7, 11) is 0. The van der Waals surface area contributed by atoms with Gasteiger partial charge in [-0.3, -0.25) is 0 Å². The second-order valence-corrected chi connectivity index (χ2v) is 8.35. The number of aliphatic hydroxyl groups excluding tert-OH is 1. The van der Waals surface area contributed by atoms with Gasteiger partial charge in [0.05, 0.1) is 6.10 Å². The Morgan fingerprint density at radius 3 is 2.86 bits per heavy atom. The molecule has 28 heavy (non-hydrogen) atoms. The maximum Gasteiger partial charge on any atom is 0.336 e. The van der Waals surface area contributed by atoms with Gasteiger partial charge in [-0.2, -0.15) is 0 Å². The van der Waals surface area contributed by atoms with Crippen molar-refractivity contribution in [3.8, 4) is 5.75 Å². The lowest BCUT2D eigenvalue weighted by Crippen LogP contribution is -2.35. The van der Waals surface area contributed by atoms with E-state index in [-0.39, 0.29) is 17.1 Å². The molecule has 2 aromatic rings. The minimum atomic E-state index is -0.360. The summed E-state index contributed by atoms with van der Waals surface area (Å²) >= 11 is 0. The third-order valence-electron chi connectivity index (χ3n) is 5.96. The Morgan fingerprint density at radius 1 is 1.32 bits per heavy atom. The molecule has 0 spiro atoms. The molecule has 0 bridgehead atoms.